The van der Waals surface area contributed by atoms with Gasteiger partial charge in [-0.1, -0.05) is 18.6 Å². The highest BCUT2D eigenvalue weighted by Gasteiger charge is 2.31. The SMILES string of the molecule is Cc1c(F)cccc1[C@H](N)[C@H](O)C1CCC1. The average molecular weight is 223 g/mol. The normalized spacial score (nSPS) is 20.2. The van der Waals surface area contributed by atoms with Crippen LogP contribution in [0.4, 0.5) is 4.39 Å². The number of hydrogen-bond acceptors (Lipinski definition) is 2. The van der Waals surface area contributed by atoms with Crippen LogP contribution < -0.4 is 5.73 Å². The Morgan fingerprint density at radius 3 is 2.69 bits per heavy atom. The maximum Gasteiger partial charge on any atom is 0.126 e. The van der Waals surface area contributed by atoms with E-state index in [0.717, 1.165) is 24.8 Å². The zero-order chi connectivity index (χ0) is 11.7. The summed E-state index contributed by atoms with van der Waals surface area (Å²) in [4.78, 5) is 0. The second-order valence-corrected chi connectivity index (χ2v) is 4.66. The van der Waals surface area contributed by atoms with Crippen LogP contribution in [0.15, 0.2) is 18.2 Å². The second-order valence-electron chi connectivity index (χ2n) is 4.66. The van der Waals surface area contributed by atoms with Gasteiger partial charge in [-0.2, -0.15) is 0 Å². The third-order valence-electron chi connectivity index (χ3n) is 3.67. The molecule has 0 spiro atoms. The largest absolute Gasteiger partial charge is 0.391 e. The van der Waals surface area contributed by atoms with Gasteiger partial charge in [-0.3, -0.25) is 0 Å². The number of aliphatic hydroxyl groups is 1. The van der Waals surface area contributed by atoms with Gasteiger partial charge >= 0.3 is 0 Å². The fourth-order valence-electron chi connectivity index (χ4n) is 2.24. The van der Waals surface area contributed by atoms with Crippen molar-refractivity contribution in [3.8, 4) is 0 Å². The highest BCUT2D eigenvalue weighted by molar-refractivity contribution is 5.30. The van der Waals surface area contributed by atoms with Gasteiger partial charge in [-0.15, -0.1) is 0 Å². The lowest BCUT2D eigenvalue weighted by Crippen LogP contribution is -2.36. The average Bonchev–Trinajstić information content (AvgIpc) is 2.18. The molecule has 2 nitrogen and oxygen atoms in total. The van der Waals surface area contributed by atoms with Crippen molar-refractivity contribution in [2.75, 3.05) is 0 Å². The topological polar surface area (TPSA) is 46.2 Å². The lowest BCUT2D eigenvalue weighted by Gasteiger charge is -2.34. The third kappa shape index (κ3) is 1.97. The van der Waals surface area contributed by atoms with Gasteiger partial charge in [0.05, 0.1) is 12.1 Å². The molecule has 0 radical (unpaired) electrons. The Bertz CT molecular complexity index is 376. The van der Waals surface area contributed by atoms with Crippen molar-refractivity contribution in [3.05, 3.63) is 35.1 Å². The molecule has 0 aromatic heterocycles. The monoisotopic (exact) mass is 223 g/mol. The van der Waals surface area contributed by atoms with Crippen LogP contribution in [0.5, 0.6) is 0 Å². The number of hydrogen-bond donors (Lipinski definition) is 2. The molecule has 88 valence electrons. The molecule has 1 fully saturated rings. The van der Waals surface area contributed by atoms with Gasteiger partial charge in [0.1, 0.15) is 5.82 Å². The summed E-state index contributed by atoms with van der Waals surface area (Å²) in [6.45, 7) is 1.71. The Labute approximate surface area is 95.3 Å². The van der Waals surface area contributed by atoms with Crippen LogP contribution in [0.3, 0.4) is 0 Å². The smallest absolute Gasteiger partial charge is 0.126 e. The van der Waals surface area contributed by atoms with Crippen molar-refractivity contribution < 1.29 is 9.50 Å². The zero-order valence-electron chi connectivity index (χ0n) is 9.49. The highest BCUT2D eigenvalue weighted by Crippen LogP contribution is 2.35. The third-order valence-corrected chi connectivity index (χ3v) is 3.67. The maximum atomic E-state index is 13.4. The van der Waals surface area contributed by atoms with E-state index >= 15 is 0 Å². The summed E-state index contributed by atoms with van der Waals surface area (Å²) >= 11 is 0. The molecule has 0 amide bonds. The molecule has 3 N–H and O–H groups in total. The van der Waals surface area contributed by atoms with Gasteiger partial charge < -0.3 is 10.8 Å². The van der Waals surface area contributed by atoms with Gasteiger partial charge in [0.2, 0.25) is 0 Å². The summed E-state index contributed by atoms with van der Waals surface area (Å²) in [6.07, 6.45) is 2.68. The van der Waals surface area contributed by atoms with E-state index < -0.39 is 12.1 Å². The fraction of sp³-hybridized carbons (Fsp3) is 0.538. The Hall–Kier alpha value is -0.930. The van der Waals surface area contributed by atoms with Crippen molar-refractivity contribution in [1.29, 1.82) is 0 Å². The van der Waals surface area contributed by atoms with Gasteiger partial charge in [0.25, 0.3) is 0 Å². The van der Waals surface area contributed by atoms with Crippen LogP contribution in [-0.2, 0) is 0 Å². The Morgan fingerprint density at radius 1 is 1.44 bits per heavy atom. The number of benzene rings is 1. The molecular weight excluding hydrogens is 205 g/mol. The van der Waals surface area contributed by atoms with E-state index in [1.807, 2.05) is 0 Å². The minimum absolute atomic E-state index is 0.256. The summed E-state index contributed by atoms with van der Waals surface area (Å²) in [6, 6.07) is 4.39. The van der Waals surface area contributed by atoms with Crippen molar-refractivity contribution >= 4 is 0 Å². The van der Waals surface area contributed by atoms with E-state index in [-0.39, 0.29) is 11.7 Å². The first-order valence-electron chi connectivity index (χ1n) is 5.80. The number of halogens is 1. The number of rotatable bonds is 3. The van der Waals surface area contributed by atoms with Crippen LogP contribution in [0.1, 0.15) is 36.4 Å². The molecule has 1 aliphatic rings. The summed E-state index contributed by atoms with van der Waals surface area (Å²) in [5, 5.41) is 10.1. The second kappa shape index (κ2) is 4.52. The van der Waals surface area contributed by atoms with Gasteiger partial charge in [0.15, 0.2) is 0 Å². The Morgan fingerprint density at radius 2 is 2.12 bits per heavy atom. The van der Waals surface area contributed by atoms with E-state index in [0.29, 0.717) is 5.56 Å². The first kappa shape index (κ1) is 11.6. The van der Waals surface area contributed by atoms with Crippen molar-refractivity contribution in [2.24, 2.45) is 11.7 Å². The molecule has 0 unspecified atom stereocenters. The quantitative estimate of drug-likeness (QED) is 0.826. The van der Waals surface area contributed by atoms with Crippen molar-refractivity contribution in [1.82, 2.24) is 0 Å². The molecule has 2 atom stereocenters. The lowest BCUT2D eigenvalue weighted by atomic mass is 9.77. The fourth-order valence-corrected chi connectivity index (χ4v) is 2.24. The molecule has 1 saturated carbocycles. The predicted molar refractivity (Wildman–Crippen MR) is 61.4 cm³/mol. The number of nitrogens with two attached hydrogens (primary N) is 1. The molecule has 0 bridgehead atoms. The van der Waals surface area contributed by atoms with Gasteiger partial charge in [0, 0.05) is 0 Å². The molecule has 0 aliphatic heterocycles. The van der Waals surface area contributed by atoms with Crippen molar-refractivity contribution in [3.63, 3.8) is 0 Å². The van der Waals surface area contributed by atoms with Crippen LogP contribution in [0.25, 0.3) is 0 Å². The van der Waals surface area contributed by atoms with E-state index in [4.69, 9.17) is 5.73 Å². The van der Waals surface area contributed by atoms with Crippen LogP contribution in [-0.4, -0.2) is 11.2 Å². The first-order chi connectivity index (χ1) is 7.61. The number of aliphatic hydroxyl groups excluding tert-OH is 1. The molecule has 1 aliphatic carbocycles. The van der Waals surface area contributed by atoms with E-state index in [9.17, 15) is 9.50 Å². The molecule has 3 heteroatoms. The summed E-state index contributed by atoms with van der Waals surface area (Å²) in [5.74, 6) is 0.0337. The van der Waals surface area contributed by atoms with Crippen molar-refractivity contribution in [2.45, 2.75) is 38.3 Å². The minimum Gasteiger partial charge on any atom is -0.391 e. The predicted octanol–water partition coefficient (Wildman–Crippen LogP) is 2.29. The maximum absolute atomic E-state index is 13.4. The van der Waals surface area contributed by atoms with Gasteiger partial charge in [-0.25, -0.2) is 4.39 Å². The molecule has 1 aromatic carbocycles. The molecule has 1 aromatic rings. The first-order valence-corrected chi connectivity index (χ1v) is 5.80. The van der Waals surface area contributed by atoms with E-state index in [2.05, 4.69) is 0 Å². The molecule has 16 heavy (non-hydrogen) atoms. The summed E-state index contributed by atoms with van der Waals surface area (Å²) in [7, 11) is 0. The van der Waals surface area contributed by atoms with Crippen LogP contribution in [0.2, 0.25) is 0 Å². The standard InChI is InChI=1S/C13H18FNO/c1-8-10(6-3-7-11(8)14)12(15)13(16)9-4-2-5-9/h3,6-7,9,12-13,16H,2,4-5,15H2,1H3/t12-,13+/m0/s1. The Balaban J connectivity index is 2.19. The summed E-state index contributed by atoms with van der Waals surface area (Å²) in [5.41, 5.74) is 7.27. The Kier molecular flexibility index (Phi) is 3.26. The minimum atomic E-state index is -0.547. The summed E-state index contributed by atoms with van der Waals surface area (Å²) < 4.78 is 13.4. The van der Waals surface area contributed by atoms with E-state index in [1.165, 1.54) is 6.07 Å². The van der Waals surface area contributed by atoms with Gasteiger partial charge in [-0.05, 0) is 42.9 Å². The lowest BCUT2D eigenvalue weighted by molar-refractivity contribution is 0.0411. The van der Waals surface area contributed by atoms with E-state index in [1.54, 1.807) is 19.1 Å². The van der Waals surface area contributed by atoms with Crippen LogP contribution in [0, 0.1) is 18.7 Å². The molecule has 2 rings (SSSR count). The molecular formula is C13H18FNO. The molecule has 0 heterocycles. The molecule has 0 saturated heterocycles. The zero-order valence-corrected chi connectivity index (χ0v) is 9.49. The highest BCUT2D eigenvalue weighted by atomic mass is 19.1. The van der Waals surface area contributed by atoms with Crippen LogP contribution >= 0.6 is 0 Å².